The smallest absolute Gasteiger partial charge is 0.330 e. The normalized spacial score (nSPS) is 13.8. The van der Waals surface area contributed by atoms with Crippen molar-refractivity contribution in [1.29, 1.82) is 0 Å². The molecule has 0 saturated carbocycles. The molecule has 0 aromatic rings. The van der Waals surface area contributed by atoms with Crippen LogP contribution in [0.2, 0.25) is 0 Å². The molecular formula is C8H16O4. The van der Waals surface area contributed by atoms with E-state index in [9.17, 15) is 4.79 Å². The van der Waals surface area contributed by atoms with E-state index in [0.29, 0.717) is 0 Å². The molecule has 4 nitrogen and oxygen atoms in total. The highest BCUT2D eigenvalue weighted by molar-refractivity contribution is 5.84. The van der Waals surface area contributed by atoms with Crippen molar-refractivity contribution in [2.45, 2.75) is 33.0 Å². The van der Waals surface area contributed by atoms with Crippen LogP contribution in [0.4, 0.5) is 0 Å². The zero-order chi connectivity index (χ0) is 10.3. The summed E-state index contributed by atoms with van der Waals surface area (Å²) in [6, 6.07) is 0. The molecule has 0 aromatic carbocycles. The first-order valence-electron chi connectivity index (χ1n) is 3.54. The van der Waals surface area contributed by atoms with Gasteiger partial charge in [0.25, 0.3) is 0 Å². The molecule has 0 rings (SSSR count). The quantitative estimate of drug-likeness (QED) is 0.532. The van der Waals surface area contributed by atoms with E-state index < -0.39 is 18.2 Å². The number of carbonyl (C=O) groups is 1. The first kappa shape index (κ1) is 13.7. The maximum atomic E-state index is 9.60. The van der Waals surface area contributed by atoms with Crippen LogP contribution in [0.25, 0.3) is 0 Å². The summed E-state index contributed by atoms with van der Waals surface area (Å²) in [5, 5.41) is 24.7. The first-order valence-corrected chi connectivity index (χ1v) is 3.54. The average molecular weight is 176 g/mol. The molecule has 0 radical (unpaired) electrons. The molecule has 0 bridgehead atoms. The van der Waals surface area contributed by atoms with Crippen molar-refractivity contribution in [2.75, 3.05) is 0 Å². The fourth-order valence-electron chi connectivity index (χ4n) is 0. The van der Waals surface area contributed by atoms with Gasteiger partial charge in [0.05, 0.1) is 12.2 Å². The van der Waals surface area contributed by atoms with E-state index in [2.05, 4.69) is 6.58 Å². The number of hydrogen-bond donors (Lipinski definition) is 3. The molecule has 2 atom stereocenters. The average Bonchev–Trinajstić information content (AvgIpc) is 1.88. The Morgan fingerprint density at radius 1 is 1.25 bits per heavy atom. The van der Waals surface area contributed by atoms with Crippen LogP contribution in [-0.2, 0) is 4.79 Å². The van der Waals surface area contributed by atoms with Crippen molar-refractivity contribution in [3.8, 4) is 0 Å². The number of carboxylic acid groups (broad SMARTS) is 1. The molecule has 72 valence electrons. The lowest BCUT2D eigenvalue weighted by Gasteiger charge is -2.03. The van der Waals surface area contributed by atoms with Crippen molar-refractivity contribution < 1.29 is 20.1 Å². The van der Waals surface area contributed by atoms with E-state index >= 15 is 0 Å². The predicted octanol–water partition coefficient (Wildman–Crippen LogP) is 0.395. The Kier molecular flexibility index (Phi) is 7.78. The van der Waals surface area contributed by atoms with E-state index in [1.165, 1.54) is 6.92 Å². The number of aliphatic carboxylic acids is 1. The summed E-state index contributed by atoms with van der Waals surface area (Å²) in [6.45, 7) is 7.69. The van der Waals surface area contributed by atoms with Crippen molar-refractivity contribution in [2.24, 2.45) is 0 Å². The van der Waals surface area contributed by atoms with Gasteiger partial charge in [0.15, 0.2) is 0 Å². The third-order valence-corrected chi connectivity index (χ3v) is 1.06. The van der Waals surface area contributed by atoms with Crippen molar-refractivity contribution in [1.82, 2.24) is 0 Å². The fourth-order valence-corrected chi connectivity index (χ4v) is 0. The molecule has 0 aliphatic rings. The van der Waals surface area contributed by atoms with Gasteiger partial charge in [0.1, 0.15) is 0 Å². The maximum Gasteiger partial charge on any atom is 0.330 e. The van der Waals surface area contributed by atoms with Crippen LogP contribution in [0.5, 0.6) is 0 Å². The Morgan fingerprint density at radius 2 is 1.42 bits per heavy atom. The van der Waals surface area contributed by atoms with Gasteiger partial charge in [-0.05, 0) is 20.8 Å². The van der Waals surface area contributed by atoms with E-state index in [0.717, 1.165) is 0 Å². The Morgan fingerprint density at radius 3 is 1.42 bits per heavy atom. The predicted molar refractivity (Wildman–Crippen MR) is 45.8 cm³/mol. The molecule has 0 aliphatic carbocycles. The van der Waals surface area contributed by atoms with E-state index in [4.69, 9.17) is 15.3 Å². The summed E-state index contributed by atoms with van der Waals surface area (Å²) in [4.78, 5) is 9.60. The Labute approximate surface area is 72.2 Å². The Balaban J connectivity index is 0. The lowest BCUT2D eigenvalue weighted by Crippen LogP contribution is -2.17. The molecule has 0 heterocycles. The van der Waals surface area contributed by atoms with E-state index in [1.54, 1.807) is 13.8 Å². The lowest BCUT2D eigenvalue weighted by molar-refractivity contribution is -0.132. The molecule has 2 unspecified atom stereocenters. The zero-order valence-electron chi connectivity index (χ0n) is 7.61. The summed E-state index contributed by atoms with van der Waals surface area (Å²) in [7, 11) is 0. The second-order valence-electron chi connectivity index (χ2n) is 2.57. The van der Waals surface area contributed by atoms with Crippen LogP contribution >= 0.6 is 0 Å². The summed E-state index contributed by atoms with van der Waals surface area (Å²) >= 11 is 0. The number of aliphatic hydroxyl groups excluding tert-OH is 2. The van der Waals surface area contributed by atoms with Gasteiger partial charge in [-0.3, -0.25) is 0 Å². The number of carboxylic acids is 1. The van der Waals surface area contributed by atoms with E-state index in [-0.39, 0.29) is 5.57 Å². The molecule has 0 aliphatic heterocycles. The molecule has 0 amide bonds. The molecule has 0 spiro atoms. The maximum absolute atomic E-state index is 9.60. The molecule has 4 heteroatoms. The monoisotopic (exact) mass is 176 g/mol. The molecule has 0 fully saturated rings. The molecule has 0 saturated heterocycles. The van der Waals surface area contributed by atoms with E-state index in [1.807, 2.05) is 0 Å². The van der Waals surface area contributed by atoms with Gasteiger partial charge in [0.2, 0.25) is 0 Å². The largest absolute Gasteiger partial charge is 0.478 e. The summed E-state index contributed by atoms with van der Waals surface area (Å²) in [5.41, 5.74) is 0.176. The van der Waals surface area contributed by atoms with Crippen LogP contribution < -0.4 is 0 Å². The van der Waals surface area contributed by atoms with Gasteiger partial charge in [0, 0.05) is 5.57 Å². The second kappa shape index (κ2) is 6.82. The van der Waals surface area contributed by atoms with Gasteiger partial charge in [-0.2, -0.15) is 0 Å². The van der Waals surface area contributed by atoms with Crippen molar-refractivity contribution in [3.05, 3.63) is 12.2 Å². The second-order valence-corrected chi connectivity index (χ2v) is 2.57. The number of aliphatic hydroxyl groups is 2. The summed E-state index contributed by atoms with van der Waals surface area (Å²) < 4.78 is 0. The Hall–Kier alpha value is -0.870. The lowest BCUT2D eigenvalue weighted by atomic mass is 10.3. The SMILES string of the molecule is C=C(C)C(=O)O.CC(O)C(C)O. The number of hydrogen-bond acceptors (Lipinski definition) is 3. The van der Waals surface area contributed by atoms with Gasteiger partial charge in [-0.25, -0.2) is 4.79 Å². The highest BCUT2D eigenvalue weighted by atomic mass is 16.4. The summed E-state index contributed by atoms with van der Waals surface area (Å²) in [6.07, 6.45) is -1.19. The van der Waals surface area contributed by atoms with Crippen molar-refractivity contribution in [3.63, 3.8) is 0 Å². The Bertz CT molecular complexity index is 131. The van der Waals surface area contributed by atoms with Crippen LogP contribution in [0.3, 0.4) is 0 Å². The van der Waals surface area contributed by atoms with Crippen LogP contribution in [0.15, 0.2) is 12.2 Å². The number of rotatable bonds is 2. The van der Waals surface area contributed by atoms with Gasteiger partial charge >= 0.3 is 5.97 Å². The minimum absolute atomic E-state index is 0.176. The highest BCUT2D eigenvalue weighted by Crippen LogP contribution is 1.85. The van der Waals surface area contributed by atoms with Crippen LogP contribution in [0.1, 0.15) is 20.8 Å². The van der Waals surface area contributed by atoms with Crippen LogP contribution in [-0.4, -0.2) is 33.5 Å². The van der Waals surface area contributed by atoms with Crippen LogP contribution in [0, 0.1) is 0 Å². The fraction of sp³-hybridized carbons (Fsp3) is 0.625. The standard InChI is InChI=1S/C4H10O2.C4H6O2/c1-3(5)4(2)6;1-3(2)4(5)6/h3-6H,1-2H3;1H2,2H3,(H,5,6). The van der Waals surface area contributed by atoms with Gasteiger partial charge < -0.3 is 15.3 Å². The highest BCUT2D eigenvalue weighted by Gasteiger charge is 1.99. The topological polar surface area (TPSA) is 77.8 Å². The first-order chi connectivity index (χ1) is 5.29. The molecule has 3 N–H and O–H groups in total. The molecular weight excluding hydrogens is 160 g/mol. The molecule has 12 heavy (non-hydrogen) atoms. The minimum Gasteiger partial charge on any atom is -0.478 e. The van der Waals surface area contributed by atoms with Gasteiger partial charge in [-0.15, -0.1) is 0 Å². The minimum atomic E-state index is -0.935. The van der Waals surface area contributed by atoms with Gasteiger partial charge in [-0.1, -0.05) is 6.58 Å². The molecule has 0 aromatic heterocycles. The summed E-state index contributed by atoms with van der Waals surface area (Å²) in [5.74, 6) is -0.935. The third kappa shape index (κ3) is 11.9. The zero-order valence-corrected chi connectivity index (χ0v) is 7.61. The van der Waals surface area contributed by atoms with Crippen molar-refractivity contribution >= 4 is 5.97 Å². The third-order valence-electron chi connectivity index (χ3n) is 1.06.